The molecule has 0 spiro atoms. The van der Waals surface area contributed by atoms with Crippen LogP contribution in [0, 0.1) is 0 Å². The summed E-state index contributed by atoms with van der Waals surface area (Å²) in [6.07, 6.45) is 0. The predicted octanol–water partition coefficient (Wildman–Crippen LogP) is 7.09. The normalized spacial score (nSPS) is 11.4. The molecule has 0 radical (unpaired) electrons. The summed E-state index contributed by atoms with van der Waals surface area (Å²) in [4.78, 5) is 1.32. The smallest absolute Gasteiger partial charge is 0.127 e. The Morgan fingerprint density at radius 3 is 2.25 bits per heavy atom. The summed E-state index contributed by atoms with van der Waals surface area (Å²) in [5, 5.41) is 0. The summed E-state index contributed by atoms with van der Waals surface area (Å²) in [6, 6.07) is 26.8. The van der Waals surface area contributed by atoms with Crippen molar-refractivity contribution in [2.75, 3.05) is 12.4 Å². The molecule has 0 amide bonds. The first-order valence-corrected chi connectivity index (χ1v) is 10.7. The molecule has 146 valence electrons. The van der Waals surface area contributed by atoms with Crippen LogP contribution in [0.5, 0.6) is 11.5 Å². The molecule has 0 atom stereocenters. The van der Waals surface area contributed by atoms with Gasteiger partial charge in [-0.3, -0.25) is 0 Å². The van der Waals surface area contributed by atoms with Crippen molar-refractivity contribution in [1.29, 1.82) is 0 Å². The molecule has 2 nitrogen and oxygen atoms in total. The summed E-state index contributed by atoms with van der Waals surface area (Å²) in [5.74, 6) is 2.76. The molecule has 0 unspecified atom stereocenters. The van der Waals surface area contributed by atoms with E-state index >= 15 is 0 Å². The van der Waals surface area contributed by atoms with E-state index < -0.39 is 0 Å². The van der Waals surface area contributed by atoms with Crippen molar-refractivity contribution >= 4 is 11.8 Å². The third-order valence-corrected chi connectivity index (χ3v) is 5.45. The van der Waals surface area contributed by atoms with Crippen LogP contribution in [-0.2, 0) is 16.8 Å². The zero-order valence-corrected chi connectivity index (χ0v) is 17.7. The van der Waals surface area contributed by atoms with E-state index in [0.717, 1.165) is 22.8 Å². The Morgan fingerprint density at radius 1 is 0.821 bits per heavy atom. The lowest BCUT2D eigenvalue weighted by Crippen LogP contribution is -2.24. The van der Waals surface area contributed by atoms with Crippen LogP contribution < -0.4 is 4.74 Å². The van der Waals surface area contributed by atoms with Gasteiger partial charge < -0.3 is 9.47 Å². The Hall–Kier alpha value is -2.23. The van der Waals surface area contributed by atoms with Gasteiger partial charge in [0.05, 0.1) is 13.2 Å². The van der Waals surface area contributed by atoms with Crippen molar-refractivity contribution < 1.29 is 9.47 Å². The summed E-state index contributed by atoms with van der Waals surface area (Å²) < 4.78 is 12.0. The van der Waals surface area contributed by atoms with Gasteiger partial charge in [0.2, 0.25) is 0 Å². The molecule has 3 aromatic rings. The van der Waals surface area contributed by atoms with Gasteiger partial charge in [0.15, 0.2) is 0 Å². The lowest BCUT2D eigenvalue weighted by molar-refractivity contribution is 0.0824. The Labute approximate surface area is 172 Å². The minimum absolute atomic E-state index is 0.0342. The Kier molecular flexibility index (Phi) is 7.18. The number of ether oxygens (including phenoxy) is 2. The summed E-state index contributed by atoms with van der Waals surface area (Å²) in [6.45, 7) is 7.86. The van der Waals surface area contributed by atoms with Crippen LogP contribution in [0.4, 0.5) is 0 Å². The molecule has 3 heteroatoms. The fraction of sp³-hybridized carbons (Fsp3) is 0.280. The molecule has 0 aliphatic rings. The van der Waals surface area contributed by atoms with E-state index in [4.69, 9.17) is 9.47 Å². The zero-order chi connectivity index (χ0) is 19.8. The molecule has 0 bridgehead atoms. The largest absolute Gasteiger partial charge is 0.457 e. The number of rotatable bonds is 9. The van der Waals surface area contributed by atoms with Crippen LogP contribution in [0.3, 0.4) is 0 Å². The van der Waals surface area contributed by atoms with Gasteiger partial charge in [0.25, 0.3) is 0 Å². The quantitative estimate of drug-likeness (QED) is 0.362. The maximum Gasteiger partial charge on any atom is 0.127 e. The van der Waals surface area contributed by atoms with Crippen LogP contribution in [-0.4, -0.2) is 12.4 Å². The highest BCUT2D eigenvalue weighted by Gasteiger charge is 2.21. The Bertz CT molecular complexity index is 857. The van der Waals surface area contributed by atoms with Gasteiger partial charge in [0, 0.05) is 10.3 Å². The molecule has 0 aliphatic carbocycles. The van der Waals surface area contributed by atoms with E-state index in [2.05, 4.69) is 51.1 Å². The number of hydrogen-bond donors (Lipinski definition) is 0. The van der Waals surface area contributed by atoms with Crippen LogP contribution >= 0.6 is 11.8 Å². The molecular formula is C25H28O2S. The predicted molar refractivity (Wildman–Crippen MR) is 118 cm³/mol. The van der Waals surface area contributed by atoms with Crippen molar-refractivity contribution in [3.8, 4) is 11.5 Å². The molecule has 0 N–H and O–H groups in total. The summed E-state index contributed by atoms with van der Waals surface area (Å²) in [5.41, 5.74) is 2.38. The molecule has 28 heavy (non-hydrogen) atoms. The Balaban J connectivity index is 1.55. The van der Waals surface area contributed by atoms with Gasteiger partial charge in [-0.25, -0.2) is 0 Å². The van der Waals surface area contributed by atoms with Gasteiger partial charge in [-0.15, -0.1) is 11.8 Å². The second kappa shape index (κ2) is 9.81. The molecule has 3 rings (SSSR count). The minimum Gasteiger partial charge on any atom is -0.457 e. The number of benzene rings is 3. The van der Waals surface area contributed by atoms with Gasteiger partial charge in [-0.05, 0) is 53.3 Å². The highest BCUT2D eigenvalue weighted by atomic mass is 32.2. The zero-order valence-electron chi connectivity index (χ0n) is 16.9. The topological polar surface area (TPSA) is 18.5 Å². The summed E-state index contributed by atoms with van der Waals surface area (Å²) >= 11 is 1.87. The average Bonchev–Trinajstić information content (AvgIpc) is 2.70. The SMILES string of the molecule is CCSc1ccc(C(C)(C)COCc2cccc(Oc3ccccc3)c2)cc1. The van der Waals surface area contributed by atoms with Crippen molar-refractivity contribution in [3.05, 3.63) is 90.0 Å². The van der Waals surface area contributed by atoms with E-state index in [1.165, 1.54) is 10.5 Å². The van der Waals surface area contributed by atoms with E-state index in [1.54, 1.807) is 0 Å². The van der Waals surface area contributed by atoms with Crippen LogP contribution in [0.15, 0.2) is 83.8 Å². The maximum absolute atomic E-state index is 6.06. The lowest BCUT2D eigenvalue weighted by Gasteiger charge is -2.25. The lowest BCUT2D eigenvalue weighted by atomic mass is 9.86. The van der Waals surface area contributed by atoms with Gasteiger partial charge >= 0.3 is 0 Å². The monoisotopic (exact) mass is 392 g/mol. The van der Waals surface area contributed by atoms with E-state index in [1.807, 2.05) is 60.3 Å². The standard InChI is InChI=1S/C25H28O2S/c1-4-28-24-15-13-21(14-16-24)25(2,3)19-26-18-20-9-8-12-23(17-20)27-22-10-6-5-7-11-22/h5-17H,4,18-19H2,1-3H3. The van der Waals surface area contributed by atoms with Gasteiger partial charge in [-0.2, -0.15) is 0 Å². The molecule has 3 aromatic carbocycles. The fourth-order valence-corrected chi connectivity index (χ4v) is 3.66. The molecule has 0 fully saturated rings. The first-order chi connectivity index (χ1) is 13.6. The third-order valence-electron chi connectivity index (χ3n) is 4.56. The second-order valence-corrected chi connectivity index (χ2v) is 8.73. The van der Waals surface area contributed by atoms with Gasteiger partial charge in [-0.1, -0.05) is 63.2 Å². The number of thioether (sulfide) groups is 1. The second-order valence-electron chi connectivity index (χ2n) is 7.40. The van der Waals surface area contributed by atoms with Crippen molar-refractivity contribution in [2.24, 2.45) is 0 Å². The summed E-state index contributed by atoms with van der Waals surface area (Å²) in [7, 11) is 0. The highest BCUT2D eigenvalue weighted by molar-refractivity contribution is 7.99. The van der Waals surface area contributed by atoms with Crippen LogP contribution in [0.1, 0.15) is 31.9 Å². The highest BCUT2D eigenvalue weighted by Crippen LogP contribution is 2.27. The molecule has 0 saturated carbocycles. The molecule has 0 aromatic heterocycles. The minimum atomic E-state index is -0.0342. The number of hydrogen-bond acceptors (Lipinski definition) is 3. The van der Waals surface area contributed by atoms with Crippen LogP contribution in [0.25, 0.3) is 0 Å². The average molecular weight is 393 g/mol. The van der Waals surface area contributed by atoms with Crippen LogP contribution in [0.2, 0.25) is 0 Å². The Morgan fingerprint density at radius 2 is 1.54 bits per heavy atom. The van der Waals surface area contributed by atoms with Gasteiger partial charge in [0.1, 0.15) is 11.5 Å². The van der Waals surface area contributed by atoms with Crippen molar-refractivity contribution in [3.63, 3.8) is 0 Å². The number of para-hydroxylation sites is 1. The van der Waals surface area contributed by atoms with Crippen molar-refractivity contribution in [1.82, 2.24) is 0 Å². The third kappa shape index (κ3) is 5.88. The maximum atomic E-state index is 6.06. The molecule has 0 aliphatic heterocycles. The fourth-order valence-electron chi connectivity index (χ4n) is 3.00. The molecule has 0 saturated heterocycles. The van der Waals surface area contributed by atoms with E-state index in [-0.39, 0.29) is 5.41 Å². The molecule has 0 heterocycles. The van der Waals surface area contributed by atoms with E-state index in [0.29, 0.717) is 13.2 Å². The van der Waals surface area contributed by atoms with E-state index in [9.17, 15) is 0 Å². The first kappa shape index (κ1) is 20.5. The molecular weight excluding hydrogens is 364 g/mol. The first-order valence-electron chi connectivity index (χ1n) is 9.70. The van der Waals surface area contributed by atoms with Crippen molar-refractivity contribution in [2.45, 2.75) is 37.7 Å².